The summed E-state index contributed by atoms with van der Waals surface area (Å²) in [4.78, 5) is 38.2. The highest BCUT2D eigenvalue weighted by Crippen LogP contribution is 2.29. The standard InChI is InChI=1S/C19H17ClN2O4/c1-26-19(25)12-7-8-14(20)15(11-12)21-18(24)16-9-10-17(23)22(16)13-5-3-2-4-6-13/h2-8,11,16H,9-10H2,1H3,(H,21,24). The molecule has 1 aliphatic rings. The number of carbonyl (C=O) groups excluding carboxylic acids is 3. The SMILES string of the molecule is COC(=O)c1ccc(Cl)c(NC(=O)C2CCC(=O)N2c2ccccc2)c1. The van der Waals surface area contributed by atoms with E-state index in [1.165, 1.54) is 30.2 Å². The Morgan fingerprint density at radius 1 is 1.19 bits per heavy atom. The summed E-state index contributed by atoms with van der Waals surface area (Å²) in [7, 11) is 1.27. The summed E-state index contributed by atoms with van der Waals surface area (Å²) in [5, 5.41) is 3.01. The number of para-hydroxylation sites is 1. The molecule has 0 aliphatic carbocycles. The number of nitrogens with zero attached hydrogens (tertiary/aromatic N) is 1. The lowest BCUT2D eigenvalue weighted by Crippen LogP contribution is -2.41. The molecule has 0 radical (unpaired) electrons. The molecule has 134 valence electrons. The van der Waals surface area contributed by atoms with Gasteiger partial charge in [-0.25, -0.2) is 4.79 Å². The van der Waals surface area contributed by atoms with E-state index in [2.05, 4.69) is 10.1 Å². The van der Waals surface area contributed by atoms with Crippen molar-refractivity contribution >= 4 is 40.8 Å². The van der Waals surface area contributed by atoms with Crippen LogP contribution >= 0.6 is 11.6 Å². The van der Waals surface area contributed by atoms with Gasteiger partial charge in [-0.05, 0) is 36.8 Å². The summed E-state index contributed by atoms with van der Waals surface area (Å²) >= 11 is 6.13. The van der Waals surface area contributed by atoms with Gasteiger partial charge in [0.15, 0.2) is 0 Å². The van der Waals surface area contributed by atoms with Crippen LogP contribution in [0.4, 0.5) is 11.4 Å². The van der Waals surface area contributed by atoms with Crippen molar-refractivity contribution in [3.63, 3.8) is 0 Å². The molecule has 1 heterocycles. The zero-order valence-corrected chi connectivity index (χ0v) is 14.8. The first-order chi connectivity index (χ1) is 12.5. The Bertz CT molecular complexity index is 854. The zero-order chi connectivity index (χ0) is 18.7. The second-order valence-electron chi connectivity index (χ2n) is 5.83. The molecule has 0 bridgehead atoms. The number of rotatable bonds is 4. The van der Waals surface area contributed by atoms with Gasteiger partial charge < -0.3 is 10.1 Å². The molecular formula is C19H17ClN2O4. The Kier molecular flexibility index (Phi) is 5.23. The van der Waals surface area contributed by atoms with E-state index >= 15 is 0 Å². The van der Waals surface area contributed by atoms with Gasteiger partial charge in [-0.3, -0.25) is 14.5 Å². The van der Waals surface area contributed by atoms with Crippen molar-refractivity contribution in [2.75, 3.05) is 17.3 Å². The molecule has 2 aromatic rings. The van der Waals surface area contributed by atoms with E-state index in [9.17, 15) is 14.4 Å². The van der Waals surface area contributed by atoms with Gasteiger partial charge in [0.05, 0.1) is 23.4 Å². The first kappa shape index (κ1) is 17.9. The number of anilines is 2. The van der Waals surface area contributed by atoms with Gasteiger partial charge in [0.1, 0.15) is 6.04 Å². The number of nitrogens with one attached hydrogen (secondary N) is 1. The monoisotopic (exact) mass is 372 g/mol. The average molecular weight is 373 g/mol. The normalized spacial score (nSPS) is 16.5. The maximum absolute atomic E-state index is 12.8. The van der Waals surface area contributed by atoms with Crippen molar-refractivity contribution in [2.24, 2.45) is 0 Å². The predicted molar refractivity (Wildman–Crippen MR) is 98.4 cm³/mol. The van der Waals surface area contributed by atoms with E-state index in [0.717, 1.165) is 0 Å². The predicted octanol–water partition coefficient (Wildman–Crippen LogP) is 3.26. The van der Waals surface area contributed by atoms with E-state index in [4.69, 9.17) is 11.6 Å². The highest BCUT2D eigenvalue weighted by Gasteiger charge is 2.37. The molecule has 1 aliphatic heterocycles. The van der Waals surface area contributed by atoms with E-state index in [-0.39, 0.29) is 17.4 Å². The Hall–Kier alpha value is -2.86. The number of methoxy groups -OCH3 is 1. The largest absolute Gasteiger partial charge is 0.465 e. The van der Waals surface area contributed by atoms with E-state index in [0.29, 0.717) is 29.2 Å². The van der Waals surface area contributed by atoms with Crippen molar-refractivity contribution in [3.05, 3.63) is 59.1 Å². The van der Waals surface area contributed by atoms with Crippen LogP contribution < -0.4 is 10.2 Å². The van der Waals surface area contributed by atoms with Gasteiger partial charge in [-0.2, -0.15) is 0 Å². The van der Waals surface area contributed by atoms with Crippen LogP contribution in [0.25, 0.3) is 0 Å². The molecule has 2 amide bonds. The smallest absolute Gasteiger partial charge is 0.337 e. The summed E-state index contributed by atoms with van der Waals surface area (Å²) in [6, 6.07) is 12.9. The molecule has 26 heavy (non-hydrogen) atoms. The van der Waals surface area contributed by atoms with Gasteiger partial charge in [-0.15, -0.1) is 0 Å². The summed E-state index contributed by atoms with van der Waals surface area (Å²) in [6.45, 7) is 0. The number of hydrogen-bond acceptors (Lipinski definition) is 4. The third-order valence-electron chi connectivity index (χ3n) is 4.19. The number of esters is 1. The van der Waals surface area contributed by atoms with E-state index < -0.39 is 12.0 Å². The third-order valence-corrected chi connectivity index (χ3v) is 4.52. The molecule has 1 saturated heterocycles. The van der Waals surface area contributed by atoms with Crippen LogP contribution in [-0.4, -0.2) is 30.9 Å². The summed E-state index contributed by atoms with van der Waals surface area (Å²) < 4.78 is 4.68. The number of amides is 2. The number of ether oxygens (including phenoxy) is 1. The van der Waals surface area contributed by atoms with Crippen LogP contribution in [0.3, 0.4) is 0 Å². The number of halogens is 1. The molecule has 1 atom stereocenters. The number of carbonyl (C=O) groups is 3. The Balaban J connectivity index is 1.83. The first-order valence-electron chi connectivity index (χ1n) is 8.07. The molecule has 1 unspecified atom stereocenters. The van der Waals surface area contributed by atoms with Gasteiger partial charge >= 0.3 is 5.97 Å². The minimum absolute atomic E-state index is 0.106. The Labute approximate surface area is 155 Å². The van der Waals surface area contributed by atoms with Crippen molar-refractivity contribution in [2.45, 2.75) is 18.9 Å². The second-order valence-corrected chi connectivity index (χ2v) is 6.24. The average Bonchev–Trinajstić information content (AvgIpc) is 3.05. The maximum atomic E-state index is 12.8. The number of hydrogen-bond donors (Lipinski definition) is 1. The van der Waals surface area contributed by atoms with Crippen LogP contribution in [0.1, 0.15) is 23.2 Å². The summed E-state index contributed by atoms with van der Waals surface area (Å²) in [5.74, 6) is -0.992. The zero-order valence-electron chi connectivity index (χ0n) is 14.1. The van der Waals surface area contributed by atoms with Gasteiger partial charge in [-0.1, -0.05) is 29.8 Å². The van der Waals surface area contributed by atoms with Crippen molar-refractivity contribution in [1.82, 2.24) is 0 Å². The maximum Gasteiger partial charge on any atom is 0.337 e. The topological polar surface area (TPSA) is 75.7 Å². The van der Waals surface area contributed by atoms with Gasteiger partial charge in [0.2, 0.25) is 11.8 Å². The molecular weight excluding hydrogens is 356 g/mol. The van der Waals surface area contributed by atoms with Crippen molar-refractivity contribution < 1.29 is 19.1 Å². The molecule has 1 N–H and O–H groups in total. The molecule has 0 saturated carbocycles. The van der Waals surface area contributed by atoms with Crippen molar-refractivity contribution in [1.29, 1.82) is 0 Å². The fraction of sp³-hybridized carbons (Fsp3) is 0.211. The number of benzene rings is 2. The minimum atomic E-state index is -0.636. The van der Waals surface area contributed by atoms with Crippen LogP contribution in [0, 0.1) is 0 Å². The van der Waals surface area contributed by atoms with E-state index in [1.807, 2.05) is 18.2 Å². The third kappa shape index (κ3) is 3.55. The van der Waals surface area contributed by atoms with E-state index in [1.54, 1.807) is 12.1 Å². The lowest BCUT2D eigenvalue weighted by Gasteiger charge is -2.24. The van der Waals surface area contributed by atoms with Crippen LogP contribution in [0.15, 0.2) is 48.5 Å². The van der Waals surface area contributed by atoms with Crippen LogP contribution in [0.2, 0.25) is 5.02 Å². The summed E-state index contributed by atoms with van der Waals surface area (Å²) in [5.41, 5.74) is 1.24. The molecule has 0 aromatic heterocycles. The first-order valence-corrected chi connectivity index (χ1v) is 8.45. The highest BCUT2D eigenvalue weighted by molar-refractivity contribution is 6.34. The van der Waals surface area contributed by atoms with Crippen LogP contribution in [-0.2, 0) is 14.3 Å². The second kappa shape index (κ2) is 7.58. The Morgan fingerprint density at radius 3 is 2.62 bits per heavy atom. The quantitative estimate of drug-likeness (QED) is 0.836. The minimum Gasteiger partial charge on any atom is -0.465 e. The molecule has 7 heteroatoms. The molecule has 0 spiro atoms. The van der Waals surface area contributed by atoms with Crippen LogP contribution in [0.5, 0.6) is 0 Å². The van der Waals surface area contributed by atoms with Crippen molar-refractivity contribution in [3.8, 4) is 0 Å². The van der Waals surface area contributed by atoms with Gasteiger partial charge in [0.25, 0.3) is 0 Å². The molecule has 6 nitrogen and oxygen atoms in total. The fourth-order valence-electron chi connectivity index (χ4n) is 2.93. The molecule has 1 fully saturated rings. The molecule has 2 aromatic carbocycles. The lowest BCUT2D eigenvalue weighted by molar-refractivity contribution is -0.120. The fourth-order valence-corrected chi connectivity index (χ4v) is 3.09. The van der Waals surface area contributed by atoms with Gasteiger partial charge in [0, 0.05) is 12.1 Å². The highest BCUT2D eigenvalue weighted by atomic mass is 35.5. The lowest BCUT2D eigenvalue weighted by atomic mass is 10.1. The Morgan fingerprint density at radius 2 is 1.92 bits per heavy atom. The molecule has 3 rings (SSSR count). The summed E-state index contributed by atoms with van der Waals surface area (Å²) in [6.07, 6.45) is 0.705.